The number of allylic oxidation sites excluding steroid dienone is 1. The van der Waals surface area contributed by atoms with Gasteiger partial charge in [0.25, 0.3) is 0 Å². The summed E-state index contributed by atoms with van der Waals surface area (Å²) in [6.07, 6.45) is 4.66. The molecule has 3 N–H and O–H groups in total. The summed E-state index contributed by atoms with van der Waals surface area (Å²) in [5, 5.41) is 18.1. The molecule has 0 saturated heterocycles. The first-order valence-electron chi connectivity index (χ1n) is 11.1. The molecule has 0 spiro atoms. The van der Waals surface area contributed by atoms with E-state index in [9.17, 15) is 5.26 Å². The Hall–Kier alpha value is -4.31. The lowest BCUT2D eigenvalue weighted by atomic mass is 10.1. The van der Waals surface area contributed by atoms with E-state index in [-0.39, 0.29) is 0 Å². The van der Waals surface area contributed by atoms with Crippen LogP contribution < -0.4 is 15.5 Å². The van der Waals surface area contributed by atoms with Crippen LogP contribution in [0.2, 0.25) is 0 Å². The van der Waals surface area contributed by atoms with Crippen LogP contribution >= 0.6 is 0 Å². The molecule has 0 saturated carbocycles. The minimum Gasteiger partial charge on any atom is -0.361 e. The minimum absolute atomic E-state index is 0.507. The van der Waals surface area contributed by atoms with Crippen molar-refractivity contribution in [1.29, 1.82) is 5.26 Å². The number of para-hydroxylation sites is 3. The van der Waals surface area contributed by atoms with Crippen molar-refractivity contribution in [3.05, 3.63) is 83.6 Å². The Morgan fingerprint density at radius 1 is 1.15 bits per heavy atom. The number of hydrogen-bond donors (Lipinski definition) is 3. The summed E-state index contributed by atoms with van der Waals surface area (Å²) in [7, 11) is 0. The molecule has 164 valence electrons. The van der Waals surface area contributed by atoms with E-state index in [4.69, 9.17) is 4.98 Å². The summed E-state index contributed by atoms with van der Waals surface area (Å²) >= 11 is 0. The Balaban J connectivity index is 1.40. The average molecular weight is 436 g/mol. The smallest absolute Gasteiger partial charge is 0.223 e. The van der Waals surface area contributed by atoms with Gasteiger partial charge in [-0.05, 0) is 49.6 Å². The molecular weight excluding hydrogens is 410 g/mol. The molecule has 4 aromatic rings. The summed E-state index contributed by atoms with van der Waals surface area (Å²) in [5.41, 5.74) is 6.44. The molecule has 1 aliphatic heterocycles. The highest BCUT2D eigenvalue weighted by Crippen LogP contribution is 2.38. The van der Waals surface area contributed by atoms with Crippen LogP contribution in [0.15, 0.2) is 66.7 Å². The van der Waals surface area contributed by atoms with E-state index in [0.717, 1.165) is 41.2 Å². The van der Waals surface area contributed by atoms with Gasteiger partial charge < -0.3 is 20.5 Å². The van der Waals surface area contributed by atoms with E-state index in [1.807, 2.05) is 37.3 Å². The first-order chi connectivity index (χ1) is 16.2. The quantitative estimate of drug-likeness (QED) is 0.366. The van der Waals surface area contributed by atoms with Gasteiger partial charge in [-0.1, -0.05) is 30.3 Å². The zero-order valence-electron chi connectivity index (χ0n) is 18.7. The van der Waals surface area contributed by atoms with Crippen molar-refractivity contribution in [3.8, 4) is 6.07 Å². The number of rotatable bonds is 6. The van der Waals surface area contributed by atoms with Gasteiger partial charge in [0.15, 0.2) is 0 Å². The van der Waals surface area contributed by atoms with Crippen molar-refractivity contribution in [3.63, 3.8) is 0 Å². The number of nitriles is 1. The Morgan fingerprint density at radius 2 is 1.97 bits per heavy atom. The minimum atomic E-state index is 0.507. The topological polar surface area (TPSA) is 92.7 Å². The lowest BCUT2D eigenvalue weighted by Crippen LogP contribution is -2.22. The summed E-state index contributed by atoms with van der Waals surface area (Å²) in [6, 6.07) is 18.7. The van der Waals surface area contributed by atoms with Crippen molar-refractivity contribution in [2.24, 2.45) is 0 Å². The van der Waals surface area contributed by atoms with Crippen molar-refractivity contribution >= 4 is 33.8 Å². The Kier molecular flexibility index (Phi) is 5.41. The van der Waals surface area contributed by atoms with Crippen molar-refractivity contribution in [2.75, 3.05) is 28.6 Å². The third-order valence-corrected chi connectivity index (χ3v) is 5.94. The first kappa shape index (κ1) is 20.6. The van der Waals surface area contributed by atoms with Gasteiger partial charge in [0.1, 0.15) is 17.5 Å². The molecule has 0 bridgehead atoms. The molecule has 0 atom stereocenters. The molecule has 33 heavy (non-hydrogen) atoms. The number of H-pyrrole nitrogens is 1. The molecule has 2 aromatic heterocycles. The number of aromatic amines is 1. The molecule has 1 aliphatic rings. The molecule has 0 amide bonds. The first-order valence-corrected chi connectivity index (χ1v) is 11.1. The van der Waals surface area contributed by atoms with Crippen LogP contribution in [-0.4, -0.2) is 28.0 Å². The number of nitrogens with zero attached hydrogens (tertiary/aromatic N) is 4. The second-order valence-corrected chi connectivity index (χ2v) is 7.98. The maximum Gasteiger partial charge on any atom is 0.223 e. The third kappa shape index (κ3) is 3.76. The fourth-order valence-corrected chi connectivity index (χ4v) is 4.30. The highest BCUT2D eigenvalue weighted by molar-refractivity contribution is 5.91. The van der Waals surface area contributed by atoms with Crippen LogP contribution in [0.25, 0.3) is 16.5 Å². The fourth-order valence-electron chi connectivity index (χ4n) is 4.30. The Labute approximate surface area is 192 Å². The van der Waals surface area contributed by atoms with Crippen LogP contribution in [-0.2, 0) is 6.42 Å². The number of benzene rings is 2. The number of aromatic nitrogens is 3. The molecule has 0 unspecified atom stereocenters. The number of aryl methyl sites for hydroxylation is 1. The normalized spacial score (nSPS) is 14.0. The lowest BCUT2D eigenvalue weighted by molar-refractivity contribution is 0.973. The van der Waals surface area contributed by atoms with E-state index in [0.29, 0.717) is 23.8 Å². The van der Waals surface area contributed by atoms with Crippen molar-refractivity contribution < 1.29 is 0 Å². The molecule has 3 heterocycles. The van der Waals surface area contributed by atoms with E-state index < -0.39 is 0 Å². The van der Waals surface area contributed by atoms with Crippen LogP contribution in [0.1, 0.15) is 23.7 Å². The van der Waals surface area contributed by atoms with Crippen LogP contribution in [0, 0.1) is 18.3 Å². The molecule has 2 aromatic carbocycles. The van der Waals surface area contributed by atoms with Crippen molar-refractivity contribution in [2.45, 2.75) is 20.3 Å². The summed E-state index contributed by atoms with van der Waals surface area (Å²) in [6.45, 7) is 5.43. The van der Waals surface area contributed by atoms with Crippen LogP contribution in [0.4, 0.5) is 17.3 Å². The molecule has 7 nitrogen and oxygen atoms in total. The lowest BCUT2D eigenvalue weighted by Gasteiger charge is -2.19. The Morgan fingerprint density at radius 3 is 2.82 bits per heavy atom. The largest absolute Gasteiger partial charge is 0.361 e. The monoisotopic (exact) mass is 435 g/mol. The van der Waals surface area contributed by atoms with Crippen LogP contribution in [0.3, 0.4) is 0 Å². The highest BCUT2D eigenvalue weighted by atomic mass is 15.3. The van der Waals surface area contributed by atoms with Gasteiger partial charge in [0, 0.05) is 36.4 Å². The summed E-state index contributed by atoms with van der Waals surface area (Å²) in [4.78, 5) is 14.6. The van der Waals surface area contributed by atoms with Gasteiger partial charge in [-0.3, -0.25) is 0 Å². The van der Waals surface area contributed by atoms with Gasteiger partial charge in [-0.25, -0.2) is 9.97 Å². The van der Waals surface area contributed by atoms with Gasteiger partial charge in [0.05, 0.1) is 17.1 Å². The molecule has 0 radical (unpaired) electrons. The predicted molar refractivity (Wildman–Crippen MR) is 133 cm³/mol. The zero-order valence-corrected chi connectivity index (χ0v) is 18.7. The van der Waals surface area contributed by atoms with E-state index in [1.165, 1.54) is 10.9 Å². The predicted octanol–water partition coefficient (Wildman–Crippen LogP) is 5.07. The SMILES string of the molecule is CCN1/C(=C(\C#N)c2nc(NCCc3c[nH]c4ccccc34)ncc2C)Nc2ccccc21. The molecular formula is C26H25N7. The zero-order chi connectivity index (χ0) is 22.8. The summed E-state index contributed by atoms with van der Waals surface area (Å²) in [5.74, 6) is 1.27. The molecule has 5 rings (SSSR count). The average Bonchev–Trinajstić information content (AvgIpc) is 3.42. The summed E-state index contributed by atoms with van der Waals surface area (Å²) < 4.78 is 0. The number of fused-ring (bicyclic) bond motifs is 2. The van der Waals surface area contributed by atoms with E-state index in [1.54, 1.807) is 6.20 Å². The number of nitrogens with one attached hydrogen (secondary N) is 3. The van der Waals surface area contributed by atoms with Crippen molar-refractivity contribution in [1.82, 2.24) is 15.0 Å². The third-order valence-electron chi connectivity index (χ3n) is 5.94. The maximum atomic E-state index is 10.1. The second-order valence-electron chi connectivity index (χ2n) is 7.98. The van der Waals surface area contributed by atoms with E-state index in [2.05, 4.69) is 62.9 Å². The van der Waals surface area contributed by atoms with E-state index >= 15 is 0 Å². The second kappa shape index (κ2) is 8.67. The molecule has 0 fully saturated rings. The number of anilines is 3. The van der Waals surface area contributed by atoms with Gasteiger partial charge in [-0.2, -0.15) is 5.26 Å². The molecule has 0 aliphatic carbocycles. The van der Waals surface area contributed by atoms with Crippen LogP contribution in [0.5, 0.6) is 0 Å². The Bertz CT molecular complexity index is 1390. The number of hydrogen-bond acceptors (Lipinski definition) is 6. The maximum absolute atomic E-state index is 10.1. The standard InChI is InChI=1S/C26H25N7/c1-3-33-23-11-7-6-10-22(23)31-25(33)20(14-27)24-17(2)15-30-26(32-24)28-13-12-18-16-29-21-9-5-4-8-19(18)21/h4-11,15-16,29,31H,3,12-13H2,1-2H3,(H,28,30,32)/b25-20+. The fraction of sp³-hybridized carbons (Fsp3) is 0.192. The van der Waals surface area contributed by atoms with Gasteiger partial charge >= 0.3 is 0 Å². The van der Waals surface area contributed by atoms with Gasteiger partial charge in [-0.15, -0.1) is 0 Å². The molecule has 7 heteroatoms. The van der Waals surface area contributed by atoms with Gasteiger partial charge in [0.2, 0.25) is 5.95 Å². The highest BCUT2D eigenvalue weighted by Gasteiger charge is 2.27.